The van der Waals surface area contributed by atoms with Gasteiger partial charge in [-0.25, -0.2) is 9.97 Å². The van der Waals surface area contributed by atoms with Crippen molar-refractivity contribution in [2.24, 2.45) is 0 Å². The van der Waals surface area contributed by atoms with Crippen LogP contribution in [-0.2, 0) is 0 Å². The van der Waals surface area contributed by atoms with Gasteiger partial charge >= 0.3 is 0 Å². The third-order valence-electron chi connectivity index (χ3n) is 2.37. The fourth-order valence-electron chi connectivity index (χ4n) is 1.71. The molecule has 0 atom stereocenters. The average Bonchev–Trinajstić information content (AvgIpc) is 2.26. The summed E-state index contributed by atoms with van der Waals surface area (Å²) >= 11 is 0. The van der Waals surface area contributed by atoms with Gasteiger partial charge in [-0.3, -0.25) is 0 Å². The van der Waals surface area contributed by atoms with Crippen LogP contribution >= 0.6 is 0 Å². The van der Waals surface area contributed by atoms with Gasteiger partial charge in [0, 0.05) is 17.5 Å². The maximum Gasteiger partial charge on any atom is 0.216 e. The zero-order chi connectivity index (χ0) is 12.4. The van der Waals surface area contributed by atoms with E-state index >= 15 is 0 Å². The molecule has 0 spiro atoms. The van der Waals surface area contributed by atoms with Crippen LogP contribution in [0, 0.1) is 20.8 Å². The van der Waals surface area contributed by atoms with E-state index in [1.165, 1.54) is 0 Å². The number of aromatic nitrogens is 3. The second kappa shape index (κ2) is 4.49. The Hall–Kier alpha value is -1.97. The van der Waals surface area contributed by atoms with E-state index in [0.29, 0.717) is 11.7 Å². The summed E-state index contributed by atoms with van der Waals surface area (Å²) in [6, 6.07) is 5.80. The fourth-order valence-corrected chi connectivity index (χ4v) is 1.71. The summed E-state index contributed by atoms with van der Waals surface area (Å²) in [5.74, 6) is 1.17. The molecule has 4 heteroatoms. The minimum Gasteiger partial charge on any atom is -0.481 e. The quantitative estimate of drug-likeness (QED) is 0.793. The number of aryl methyl sites for hydroxylation is 3. The van der Waals surface area contributed by atoms with E-state index < -0.39 is 0 Å². The molecule has 0 radical (unpaired) electrons. The number of ether oxygens (including phenoxy) is 1. The number of nitrogens with zero attached hydrogens (tertiary/aromatic N) is 3. The number of hydrogen-bond acceptors (Lipinski definition) is 4. The Balaban J connectivity index is 2.55. The third-order valence-corrected chi connectivity index (χ3v) is 2.37. The van der Waals surface area contributed by atoms with Gasteiger partial charge in [-0.2, -0.15) is 4.98 Å². The second-order valence-electron chi connectivity index (χ2n) is 4.05. The molecule has 0 unspecified atom stereocenters. The first-order valence-electron chi connectivity index (χ1n) is 5.44. The monoisotopic (exact) mass is 229 g/mol. The van der Waals surface area contributed by atoms with Crippen molar-refractivity contribution in [3.05, 3.63) is 35.2 Å². The molecule has 0 aliphatic heterocycles. The number of rotatable bonds is 2. The summed E-state index contributed by atoms with van der Waals surface area (Å²) in [6.07, 6.45) is 0. The highest BCUT2D eigenvalue weighted by molar-refractivity contribution is 5.51. The Labute approximate surface area is 101 Å². The van der Waals surface area contributed by atoms with E-state index in [1.54, 1.807) is 13.2 Å². The van der Waals surface area contributed by atoms with E-state index in [9.17, 15) is 0 Å². The van der Waals surface area contributed by atoms with Crippen LogP contribution in [-0.4, -0.2) is 22.1 Å². The van der Waals surface area contributed by atoms with E-state index in [2.05, 4.69) is 15.0 Å². The Morgan fingerprint density at radius 1 is 0.882 bits per heavy atom. The lowest BCUT2D eigenvalue weighted by atomic mass is 10.2. The maximum absolute atomic E-state index is 5.14. The van der Waals surface area contributed by atoms with Gasteiger partial charge in [0.2, 0.25) is 5.88 Å². The van der Waals surface area contributed by atoms with Crippen molar-refractivity contribution in [3.8, 4) is 17.4 Å². The zero-order valence-corrected chi connectivity index (χ0v) is 10.5. The molecular formula is C13H15N3O. The minimum atomic E-state index is 0.563. The highest BCUT2D eigenvalue weighted by atomic mass is 16.5. The minimum absolute atomic E-state index is 0.563. The summed E-state index contributed by atoms with van der Waals surface area (Å²) in [4.78, 5) is 13.1. The van der Waals surface area contributed by atoms with Crippen molar-refractivity contribution < 1.29 is 4.74 Å². The number of hydrogen-bond donors (Lipinski definition) is 0. The molecule has 0 amide bonds. The van der Waals surface area contributed by atoms with Crippen LogP contribution in [0.2, 0.25) is 0 Å². The largest absolute Gasteiger partial charge is 0.481 e. The molecule has 88 valence electrons. The van der Waals surface area contributed by atoms with Crippen LogP contribution < -0.4 is 4.74 Å². The molecule has 0 aliphatic carbocycles. The van der Waals surface area contributed by atoms with Crippen molar-refractivity contribution in [2.75, 3.05) is 7.11 Å². The molecule has 2 heterocycles. The van der Waals surface area contributed by atoms with Crippen molar-refractivity contribution >= 4 is 0 Å². The highest BCUT2D eigenvalue weighted by Gasteiger charge is 2.07. The van der Waals surface area contributed by atoms with Crippen LogP contribution in [0.15, 0.2) is 18.2 Å². The first-order chi connectivity index (χ1) is 8.08. The third kappa shape index (κ3) is 2.58. The van der Waals surface area contributed by atoms with Crippen LogP contribution in [0.4, 0.5) is 0 Å². The first-order valence-corrected chi connectivity index (χ1v) is 5.44. The van der Waals surface area contributed by atoms with E-state index in [1.807, 2.05) is 32.9 Å². The molecule has 0 saturated heterocycles. The second-order valence-corrected chi connectivity index (χ2v) is 4.05. The lowest BCUT2D eigenvalue weighted by Crippen LogP contribution is -1.98. The molecule has 0 aromatic carbocycles. The maximum atomic E-state index is 5.14. The Morgan fingerprint density at radius 2 is 1.59 bits per heavy atom. The lowest BCUT2D eigenvalue weighted by molar-refractivity contribution is 0.397. The van der Waals surface area contributed by atoms with Gasteiger partial charge in [0.15, 0.2) is 5.82 Å². The Bertz CT molecular complexity index is 532. The molecule has 2 aromatic heterocycles. The molecule has 4 nitrogen and oxygen atoms in total. The van der Waals surface area contributed by atoms with Gasteiger partial charge in [-0.15, -0.1) is 0 Å². The topological polar surface area (TPSA) is 47.9 Å². The molecule has 2 rings (SSSR count). The van der Waals surface area contributed by atoms with E-state index in [0.717, 1.165) is 22.6 Å². The molecule has 0 N–H and O–H groups in total. The van der Waals surface area contributed by atoms with Crippen LogP contribution in [0.25, 0.3) is 11.5 Å². The van der Waals surface area contributed by atoms with Gasteiger partial charge in [-0.05, 0) is 38.5 Å². The molecule has 0 aliphatic rings. The SMILES string of the molecule is COc1cc(C)nc(-c2cc(C)cc(C)n2)n1. The molecule has 2 aromatic rings. The molecule has 17 heavy (non-hydrogen) atoms. The van der Waals surface area contributed by atoms with Crippen molar-refractivity contribution in [2.45, 2.75) is 20.8 Å². The van der Waals surface area contributed by atoms with Gasteiger partial charge in [0.25, 0.3) is 0 Å². The number of methoxy groups -OCH3 is 1. The summed E-state index contributed by atoms with van der Waals surface area (Å²) < 4.78 is 5.14. The van der Waals surface area contributed by atoms with Gasteiger partial charge < -0.3 is 4.74 Å². The Morgan fingerprint density at radius 3 is 2.24 bits per heavy atom. The van der Waals surface area contributed by atoms with E-state index in [4.69, 9.17) is 4.74 Å². The zero-order valence-electron chi connectivity index (χ0n) is 10.5. The van der Waals surface area contributed by atoms with Crippen molar-refractivity contribution in [3.63, 3.8) is 0 Å². The molecular weight excluding hydrogens is 214 g/mol. The van der Waals surface area contributed by atoms with Gasteiger partial charge in [-0.1, -0.05) is 0 Å². The normalized spacial score (nSPS) is 10.4. The predicted octanol–water partition coefficient (Wildman–Crippen LogP) is 2.47. The van der Waals surface area contributed by atoms with Gasteiger partial charge in [0.1, 0.15) is 5.69 Å². The molecule has 0 saturated carbocycles. The van der Waals surface area contributed by atoms with Crippen LogP contribution in [0.3, 0.4) is 0 Å². The molecule has 0 fully saturated rings. The standard InChI is InChI=1S/C13H15N3O/c1-8-5-9(2)14-11(6-8)13-15-10(3)7-12(16-13)17-4/h5-7H,1-4H3. The summed E-state index contributed by atoms with van der Waals surface area (Å²) in [7, 11) is 1.60. The van der Waals surface area contributed by atoms with E-state index in [-0.39, 0.29) is 0 Å². The van der Waals surface area contributed by atoms with Crippen molar-refractivity contribution in [1.29, 1.82) is 0 Å². The van der Waals surface area contributed by atoms with Crippen LogP contribution in [0.5, 0.6) is 5.88 Å². The summed E-state index contributed by atoms with van der Waals surface area (Å²) in [5, 5.41) is 0. The average molecular weight is 229 g/mol. The fraction of sp³-hybridized carbons (Fsp3) is 0.308. The smallest absolute Gasteiger partial charge is 0.216 e. The van der Waals surface area contributed by atoms with Crippen LogP contribution in [0.1, 0.15) is 17.0 Å². The molecule has 0 bridgehead atoms. The Kier molecular flexibility index (Phi) is 3.04. The predicted molar refractivity (Wildman–Crippen MR) is 66.0 cm³/mol. The summed E-state index contributed by atoms with van der Waals surface area (Å²) in [5.41, 5.74) is 3.76. The highest BCUT2D eigenvalue weighted by Crippen LogP contribution is 2.18. The lowest BCUT2D eigenvalue weighted by Gasteiger charge is -2.06. The van der Waals surface area contributed by atoms with Gasteiger partial charge in [0.05, 0.1) is 7.11 Å². The summed E-state index contributed by atoms with van der Waals surface area (Å²) in [6.45, 7) is 5.91. The van der Waals surface area contributed by atoms with Crippen molar-refractivity contribution in [1.82, 2.24) is 15.0 Å². The number of pyridine rings is 1. The first kappa shape index (κ1) is 11.5.